The monoisotopic (exact) mass is 228 g/mol. The minimum absolute atomic E-state index is 0.0202. The predicted octanol–water partition coefficient (Wildman–Crippen LogP) is 1.65. The van der Waals surface area contributed by atoms with Gasteiger partial charge in [0.05, 0.1) is 5.56 Å². The molecule has 1 aliphatic rings. The van der Waals surface area contributed by atoms with E-state index in [4.69, 9.17) is 11.6 Å². The van der Waals surface area contributed by atoms with Crippen molar-refractivity contribution in [3.05, 3.63) is 31.6 Å². The number of aromatic amines is 1. The second-order valence-electron chi connectivity index (χ2n) is 4.22. The van der Waals surface area contributed by atoms with E-state index in [2.05, 4.69) is 4.98 Å². The summed E-state index contributed by atoms with van der Waals surface area (Å²) >= 11 is 5.86. The van der Waals surface area contributed by atoms with E-state index in [0.717, 1.165) is 12.8 Å². The average Bonchev–Trinajstić information content (AvgIpc) is 2.85. The molecular weight excluding hydrogens is 216 g/mol. The summed E-state index contributed by atoms with van der Waals surface area (Å²) in [5, 5.41) is 0.178. The maximum absolute atomic E-state index is 12.0. The summed E-state index contributed by atoms with van der Waals surface area (Å²) < 4.78 is 1.29. The van der Waals surface area contributed by atoms with E-state index in [1.807, 2.05) is 13.8 Å². The molecule has 1 N–H and O–H groups in total. The minimum Gasteiger partial charge on any atom is -0.297 e. The smallest absolute Gasteiger partial charge is 0.297 e. The molecule has 1 heterocycles. The van der Waals surface area contributed by atoms with Gasteiger partial charge in [-0.2, -0.15) is 0 Å². The minimum atomic E-state index is -0.392. The van der Waals surface area contributed by atoms with E-state index in [0.29, 0.717) is 5.56 Å². The molecule has 1 aliphatic carbocycles. The Balaban J connectivity index is 2.71. The fourth-order valence-electron chi connectivity index (χ4n) is 1.70. The van der Waals surface area contributed by atoms with Gasteiger partial charge < -0.3 is 0 Å². The number of H-pyrrole nitrogens is 1. The standard InChI is InChI=1S/C10H13ClN2O2/c1-5(2)7-8(11)12-10(15)13(9(7)14)6-3-4-6/h5-6H,3-4H2,1-2H3,(H,12,15). The van der Waals surface area contributed by atoms with E-state index in [1.165, 1.54) is 4.57 Å². The Morgan fingerprint density at radius 3 is 2.47 bits per heavy atom. The van der Waals surface area contributed by atoms with E-state index in [1.54, 1.807) is 0 Å². The van der Waals surface area contributed by atoms with Crippen molar-refractivity contribution >= 4 is 11.6 Å². The van der Waals surface area contributed by atoms with Gasteiger partial charge in [0.1, 0.15) is 5.15 Å². The first-order chi connectivity index (χ1) is 7.02. The summed E-state index contributed by atoms with van der Waals surface area (Å²) in [5.74, 6) is 0.0202. The molecule has 4 nitrogen and oxygen atoms in total. The van der Waals surface area contributed by atoms with Crippen molar-refractivity contribution in [1.29, 1.82) is 0 Å². The van der Waals surface area contributed by atoms with Gasteiger partial charge in [0.2, 0.25) is 0 Å². The molecule has 1 saturated carbocycles. The molecule has 5 heteroatoms. The van der Waals surface area contributed by atoms with Crippen molar-refractivity contribution in [2.24, 2.45) is 0 Å². The van der Waals surface area contributed by atoms with E-state index in [9.17, 15) is 9.59 Å². The zero-order chi connectivity index (χ0) is 11.2. The Hall–Kier alpha value is -1.03. The van der Waals surface area contributed by atoms with Gasteiger partial charge in [-0.3, -0.25) is 14.3 Å². The Morgan fingerprint density at radius 2 is 2.00 bits per heavy atom. The first-order valence-electron chi connectivity index (χ1n) is 5.06. The molecule has 1 fully saturated rings. The van der Waals surface area contributed by atoms with Crippen LogP contribution in [0.5, 0.6) is 0 Å². The lowest BCUT2D eigenvalue weighted by atomic mass is 10.1. The van der Waals surface area contributed by atoms with Crippen LogP contribution >= 0.6 is 11.6 Å². The third kappa shape index (κ3) is 1.74. The Bertz CT molecular complexity index is 497. The van der Waals surface area contributed by atoms with Crippen LogP contribution in [-0.4, -0.2) is 9.55 Å². The number of halogens is 1. The second kappa shape index (κ2) is 3.52. The fraction of sp³-hybridized carbons (Fsp3) is 0.600. The van der Waals surface area contributed by atoms with Gasteiger partial charge in [-0.25, -0.2) is 4.79 Å². The number of aromatic nitrogens is 2. The molecule has 0 unspecified atom stereocenters. The molecule has 2 rings (SSSR count). The lowest BCUT2D eigenvalue weighted by Crippen LogP contribution is -2.37. The van der Waals surface area contributed by atoms with Crippen LogP contribution in [0.3, 0.4) is 0 Å². The zero-order valence-electron chi connectivity index (χ0n) is 8.71. The van der Waals surface area contributed by atoms with Crippen LogP contribution in [0.25, 0.3) is 0 Å². The highest BCUT2D eigenvalue weighted by molar-refractivity contribution is 6.30. The molecule has 15 heavy (non-hydrogen) atoms. The molecule has 0 atom stereocenters. The Labute approximate surface area is 91.9 Å². The van der Waals surface area contributed by atoms with E-state index >= 15 is 0 Å². The highest BCUT2D eigenvalue weighted by Crippen LogP contribution is 2.32. The number of nitrogens with one attached hydrogen (secondary N) is 1. The van der Waals surface area contributed by atoms with Crippen LogP contribution < -0.4 is 11.2 Å². The number of rotatable bonds is 2. The maximum Gasteiger partial charge on any atom is 0.329 e. The quantitative estimate of drug-likeness (QED) is 0.783. The first kappa shape index (κ1) is 10.5. The highest BCUT2D eigenvalue weighted by atomic mass is 35.5. The van der Waals surface area contributed by atoms with Gasteiger partial charge in [0.25, 0.3) is 5.56 Å². The highest BCUT2D eigenvalue weighted by Gasteiger charge is 2.28. The molecule has 1 aromatic heterocycles. The van der Waals surface area contributed by atoms with Crippen LogP contribution in [0, 0.1) is 0 Å². The van der Waals surface area contributed by atoms with Gasteiger partial charge in [0, 0.05) is 6.04 Å². The molecule has 0 aromatic carbocycles. The largest absolute Gasteiger partial charge is 0.329 e. The van der Waals surface area contributed by atoms with E-state index < -0.39 is 5.69 Å². The fourth-order valence-corrected chi connectivity index (χ4v) is 2.08. The Kier molecular flexibility index (Phi) is 2.46. The lowest BCUT2D eigenvalue weighted by Gasteiger charge is -2.10. The second-order valence-corrected chi connectivity index (χ2v) is 4.60. The summed E-state index contributed by atoms with van der Waals surface area (Å²) in [6.07, 6.45) is 1.81. The normalized spacial score (nSPS) is 16.0. The number of hydrogen-bond acceptors (Lipinski definition) is 2. The Morgan fingerprint density at radius 1 is 1.40 bits per heavy atom. The molecule has 82 valence electrons. The van der Waals surface area contributed by atoms with Crippen LogP contribution in [0.1, 0.15) is 44.2 Å². The van der Waals surface area contributed by atoms with Crippen LogP contribution in [-0.2, 0) is 0 Å². The van der Waals surface area contributed by atoms with Gasteiger partial charge >= 0.3 is 5.69 Å². The molecule has 0 bridgehead atoms. The van der Waals surface area contributed by atoms with Crippen LogP contribution in [0.15, 0.2) is 9.59 Å². The summed E-state index contributed by atoms with van der Waals surface area (Å²) in [4.78, 5) is 26.1. The van der Waals surface area contributed by atoms with E-state index in [-0.39, 0.29) is 22.7 Å². The molecule has 0 amide bonds. The number of hydrogen-bond donors (Lipinski definition) is 1. The third-order valence-electron chi connectivity index (χ3n) is 2.61. The SMILES string of the molecule is CC(C)c1c(Cl)[nH]c(=O)n(C2CC2)c1=O. The van der Waals surface area contributed by atoms with Crippen molar-refractivity contribution in [2.75, 3.05) is 0 Å². The molecule has 1 aromatic rings. The summed E-state index contributed by atoms with van der Waals surface area (Å²) in [6.45, 7) is 3.77. The molecular formula is C10H13ClN2O2. The molecule has 0 aliphatic heterocycles. The third-order valence-corrected chi connectivity index (χ3v) is 2.91. The first-order valence-corrected chi connectivity index (χ1v) is 5.44. The summed E-state index contributed by atoms with van der Waals surface area (Å²) in [5.41, 5.74) is -0.124. The van der Waals surface area contributed by atoms with Crippen molar-refractivity contribution < 1.29 is 0 Å². The van der Waals surface area contributed by atoms with Crippen molar-refractivity contribution in [3.8, 4) is 0 Å². The molecule has 0 spiro atoms. The summed E-state index contributed by atoms with van der Waals surface area (Å²) in [6, 6.07) is 0.0796. The van der Waals surface area contributed by atoms with Gasteiger partial charge in [-0.15, -0.1) is 0 Å². The molecule has 0 radical (unpaired) electrons. The lowest BCUT2D eigenvalue weighted by molar-refractivity contribution is 0.634. The number of nitrogens with zero attached hydrogens (tertiary/aromatic N) is 1. The van der Waals surface area contributed by atoms with Gasteiger partial charge in [-0.05, 0) is 18.8 Å². The van der Waals surface area contributed by atoms with Gasteiger partial charge in [0.15, 0.2) is 0 Å². The average molecular weight is 229 g/mol. The summed E-state index contributed by atoms with van der Waals surface area (Å²) in [7, 11) is 0. The topological polar surface area (TPSA) is 54.9 Å². The molecule has 0 saturated heterocycles. The maximum atomic E-state index is 12.0. The van der Waals surface area contributed by atoms with Gasteiger partial charge in [-0.1, -0.05) is 25.4 Å². The van der Waals surface area contributed by atoms with Crippen LogP contribution in [0.4, 0.5) is 0 Å². The van der Waals surface area contributed by atoms with Crippen molar-refractivity contribution in [1.82, 2.24) is 9.55 Å². The predicted molar refractivity (Wildman–Crippen MR) is 58.7 cm³/mol. The zero-order valence-corrected chi connectivity index (χ0v) is 9.47. The van der Waals surface area contributed by atoms with Crippen molar-refractivity contribution in [2.45, 2.75) is 38.6 Å². The van der Waals surface area contributed by atoms with Crippen LogP contribution in [0.2, 0.25) is 5.15 Å². The van der Waals surface area contributed by atoms with Crippen molar-refractivity contribution in [3.63, 3.8) is 0 Å².